The van der Waals surface area contributed by atoms with Crippen molar-refractivity contribution in [3.05, 3.63) is 65.6 Å². The maximum atomic E-state index is 11.2. The Morgan fingerprint density at radius 3 is 2.41 bits per heavy atom. The second-order valence-corrected chi connectivity index (χ2v) is 12.9. The van der Waals surface area contributed by atoms with Crippen molar-refractivity contribution in [1.82, 2.24) is 0 Å². The quantitative estimate of drug-likeness (QED) is 0.344. The van der Waals surface area contributed by atoms with Crippen LogP contribution >= 0.6 is 0 Å². The Balaban J connectivity index is 2.22. The molecule has 2 aromatic rings. The molecule has 146 valence electrons. The van der Waals surface area contributed by atoms with E-state index in [9.17, 15) is 4.79 Å². The highest BCUT2D eigenvalue weighted by atomic mass is 28.4. The summed E-state index contributed by atoms with van der Waals surface area (Å²) >= 11 is 0. The van der Waals surface area contributed by atoms with E-state index >= 15 is 0 Å². The molecule has 1 unspecified atom stereocenters. The summed E-state index contributed by atoms with van der Waals surface area (Å²) in [6, 6.07) is 14.0. The first kappa shape index (κ1) is 21.2. The van der Waals surface area contributed by atoms with Crippen LogP contribution in [0, 0.1) is 0 Å². The highest BCUT2D eigenvalue weighted by Crippen LogP contribution is 2.40. The summed E-state index contributed by atoms with van der Waals surface area (Å²) in [5, 5.41) is 0.123. The number of rotatable bonds is 7. The third-order valence-electron chi connectivity index (χ3n) is 5.07. The molecule has 0 amide bonds. The van der Waals surface area contributed by atoms with E-state index in [1.807, 2.05) is 30.3 Å². The number of hydrogen-bond acceptors (Lipinski definition) is 4. The van der Waals surface area contributed by atoms with Crippen LogP contribution in [0.15, 0.2) is 53.0 Å². The average Bonchev–Trinajstić information content (AvgIpc) is 3.06. The highest BCUT2D eigenvalue weighted by Gasteiger charge is 2.39. The molecular formula is C22H30O4Si. The number of carbonyl (C=O) groups excluding carboxylic acids is 1. The zero-order valence-corrected chi connectivity index (χ0v) is 18.1. The Morgan fingerprint density at radius 2 is 1.81 bits per heavy atom. The minimum absolute atomic E-state index is 0.0734. The Labute approximate surface area is 163 Å². The van der Waals surface area contributed by atoms with Crippen LogP contribution in [-0.4, -0.2) is 21.4 Å². The molecule has 27 heavy (non-hydrogen) atoms. The average molecular weight is 387 g/mol. The molecule has 1 atom stereocenters. The molecule has 0 radical (unpaired) electrons. The van der Waals surface area contributed by atoms with Gasteiger partial charge in [-0.05, 0) is 41.9 Å². The van der Waals surface area contributed by atoms with Gasteiger partial charge in [0.1, 0.15) is 11.5 Å². The van der Waals surface area contributed by atoms with Crippen molar-refractivity contribution in [3.63, 3.8) is 0 Å². The van der Waals surface area contributed by atoms with E-state index in [0.29, 0.717) is 12.2 Å². The lowest BCUT2D eigenvalue weighted by Gasteiger charge is -2.39. The summed E-state index contributed by atoms with van der Waals surface area (Å²) < 4.78 is 17.2. The molecule has 1 aromatic heterocycles. The van der Waals surface area contributed by atoms with Crippen molar-refractivity contribution in [3.8, 4) is 0 Å². The largest absolute Gasteiger partial charge is 0.466 e. The van der Waals surface area contributed by atoms with Gasteiger partial charge in [0.2, 0.25) is 0 Å². The first-order valence-corrected chi connectivity index (χ1v) is 12.1. The fourth-order valence-electron chi connectivity index (χ4n) is 2.42. The number of ether oxygens (including phenoxy) is 1. The lowest BCUT2D eigenvalue weighted by molar-refractivity contribution is -0.134. The smallest absolute Gasteiger partial charge is 0.330 e. The molecule has 0 bridgehead atoms. The number of methoxy groups -OCH3 is 1. The van der Waals surface area contributed by atoms with Crippen LogP contribution in [0.3, 0.4) is 0 Å². The van der Waals surface area contributed by atoms with Gasteiger partial charge in [-0.1, -0.05) is 51.1 Å². The molecule has 0 N–H and O–H groups in total. The van der Waals surface area contributed by atoms with Gasteiger partial charge < -0.3 is 13.6 Å². The minimum atomic E-state index is -1.95. The molecule has 1 heterocycles. The van der Waals surface area contributed by atoms with Crippen LogP contribution in [0.2, 0.25) is 18.1 Å². The molecule has 0 saturated carbocycles. The molecule has 4 nitrogen and oxygen atoms in total. The Kier molecular flexibility index (Phi) is 6.84. The van der Waals surface area contributed by atoms with Crippen molar-refractivity contribution < 1.29 is 18.4 Å². The summed E-state index contributed by atoms with van der Waals surface area (Å²) in [7, 11) is -0.600. The summed E-state index contributed by atoms with van der Waals surface area (Å²) in [6.07, 6.45) is 3.53. The lowest BCUT2D eigenvalue weighted by atomic mass is 10.1. The van der Waals surface area contributed by atoms with Crippen molar-refractivity contribution in [1.29, 1.82) is 0 Å². The molecule has 5 heteroatoms. The van der Waals surface area contributed by atoms with Gasteiger partial charge in [0, 0.05) is 12.5 Å². The van der Waals surface area contributed by atoms with E-state index in [1.54, 1.807) is 6.08 Å². The van der Waals surface area contributed by atoms with Crippen LogP contribution in [0.1, 0.15) is 44.0 Å². The predicted octanol–water partition coefficient (Wildman–Crippen LogP) is 5.77. The first-order valence-electron chi connectivity index (χ1n) is 9.20. The third-order valence-corrected chi connectivity index (χ3v) is 9.55. The zero-order valence-electron chi connectivity index (χ0n) is 17.1. The van der Waals surface area contributed by atoms with Crippen molar-refractivity contribution >= 4 is 20.4 Å². The number of benzene rings is 1. The number of esters is 1. The van der Waals surface area contributed by atoms with Crippen molar-refractivity contribution in [2.24, 2.45) is 0 Å². The van der Waals surface area contributed by atoms with Crippen LogP contribution in [0.25, 0.3) is 6.08 Å². The molecule has 0 saturated heterocycles. The van der Waals surface area contributed by atoms with Gasteiger partial charge in [-0.15, -0.1) is 0 Å². The van der Waals surface area contributed by atoms with Gasteiger partial charge in [-0.2, -0.15) is 0 Å². The van der Waals surface area contributed by atoms with E-state index in [2.05, 4.69) is 50.7 Å². The summed E-state index contributed by atoms with van der Waals surface area (Å²) in [6.45, 7) is 11.2. The van der Waals surface area contributed by atoms with Crippen LogP contribution in [0.4, 0.5) is 0 Å². The van der Waals surface area contributed by atoms with Crippen LogP contribution in [0.5, 0.6) is 0 Å². The van der Waals surface area contributed by atoms with Crippen LogP contribution in [-0.2, 0) is 20.4 Å². The zero-order chi connectivity index (χ0) is 20.1. The van der Waals surface area contributed by atoms with E-state index in [-0.39, 0.29) is 11.1 Å². The van der Waals surface area contributed by atoms with E-state index in [0.717, 1.165) is 11.3 Å². The van der Waals surface area contributed by atoms with E-state index in [4.69, 9.17) is 8.84 Å². The van der Waals surface area contributed by atoms with Gasteiger partial charge in [-0.3, -0.25) is 0 Å². The molecule has 0 aliphatic carbocycles. The number of furan rings is 1. The van der Waals surface area contributed by atoms with Gasteiger partial charge in [0.15, 0.2) is 8.32 Å². The summed E-state index contributed by atoms with van der Waals surface area (Å²) in [5.74, 6) is 1.04. The van der Waals surface area contributed by atoms with Gasteiger partial charge >= 0.3 is 5.97 Å². The molecule has 0 spiro atoms. The second kappa shape index (κ2) is 8.72. The molecular weight excluding hydrogens is 356 g/mol. The molecule has 0 fully saturated rings. The first-order chi connectivity index (χ1) is 12.6. The predicted molar refractivity (Wildman–Crippen MR) is 111 cm³/mol. The van der Waals surface area contributed by atoms with Crippen molar-refractivity contribution in [2.45, 2.75) is 51.4 Å². The Hall–Kier alpha value is -2.11. The van der Waals surface area contributed by atoms with Crippen molar-refractivity contribution in [2.75, 3.05) is 7.11 Å². The number of carbonyl (C=O) groups is 1. The lowest BCUT2D eigenvalue weighted by Crippen LogP contribution is -2.42. The topological polar surface area (TPSA) is 48.7 Å². The number of hydrogen-bond donors (Lipinski definition) is 0. The summed E-state index contributed by atoms with van der Waals surface area (Å²) in [4.78, 5) is 11.2. The molecule has 1 aromatic carbocycles. The minimum Gasteiger partial charge on any atom is -0.466 e. The second-order valence-electron chi connectivity index (χ2n) is 8.14. The van der Waals surface area contributed by atoms with E-state index in [1.165, 1.54) is 13.2 Å². The highest BCUT2D eigenvalue weighted by molar-refractivity contribution is 6.74. The molecule has 0 aliphatic rings. The monoisotopic (exact) mass is 386 g/mol. The Morgan fingerprint density at radius 1 is 1.15 bits per heavy atom. The SMILES string of the molecule is COC(=O)C=Cc1ccc(CC(O[Si](C)(C)C(C)(C)C)c2ccccc2)o1. The van der Waals surface area contributed by atoms with Crippen LogP contribution < -0.4 is 0 Å². The Bertz CT molecular complexity index is 769. The molecule has 2 rings (SSSR count). The summed E-state index contributed by atoms with van der Waals surface area (Å²) in [5.41, 5.74) is 1.14. The maximum absolute atomic E-state index is 11.2. The van der Waals surface area contributed by atoms with Gasteiger partial charge in [0.25, 0.3) is 0 Å². The van der Waals surface area contributed by atoms with E-state index < -0.39 is 14.3 Å². The van der Waals surface area contributed by atoms with Gasteiger partial charge in [-0.25, -0.2) is 4.79 Å². The third kappa shape index (κ3) is 5.94. The van der Waals surface area contributed by atoms with Gasteiger partial charge in [0.05, 0.1) is 13.2 Å². The fraction of sp³-hybridized carbons (Fsp3) is 0.409. The maximum Gasteiger partial charge on any atom is 0.330 e. The fourth-order valence-corrected chi connectivity index (χ4v) is 3.71. The molecule has 0 aliphatic heterocycles. The standard InChI is InChI=1S/C22H30O4Si/c1-22(2,3)27(5,6)26-20(17-10-8-7-9-11-17)16-19-13-12-18(25-19)14-15-21(23)24-4/h7-15,20H,16H2,1-6H3. The normalized spacial score (nSPS) is 13.7.